The van der Waals surface area contributed by atoms with Gasteiger partial charge >= 0.3 is 0 Å². The van der Waals surface area contributed by atoms with Crippen LogP contribution in [0.5, 0.6) is 0 Å². The molecule has 1 nitrogen and oxygen atoms in total. The van der Waals surface area contributed by atoms with Gasteiger partial charge in [0.15, 0.2) is 0 Å². The standard InChI is InChI=1S/C15H22FN/c1-11(17-12(2)14-4-3-5-14)10-13-6-8-15(16)9-7-13/h6-9,11-12,14,17H,3-5,10H2,1-2H3. The molecule has 1 aliphatic carbocycles. The lowest BCUT2D eigenvalue weighted by molar-refractivity contribution is 0.229. The summed E-state index contributed by atoms with van der Waals surface area (Å²) in [5.41, 5.74) is 1.20. The summed E-state index contributed by atoms with van der Waals surface area (Å²) in [6.45, 7) is 4.49. The first-order valence-electron chi connectivity index (χ1n) is 6.65. The van der Waals surface area contributed by atoms with Crippen LogP contribution in [0, 0.1) is 11.7 Å². The lowest BCUT2D eigenvalue weighted by Crippen LogP contribution is -2.42. The summed E-state index contributed by atoms with van der Waals surface area (Å²) in [5.74, 6) is 0.711. The minimum absolute atomic E-state index is 0.155. The molecule has 2 heteroatoms. The molecule has 0 aromatic heterocycles. The quantitative estimate of drug-likeness (QED) is 0.823. The first-order valence-corrected chi connectivity index (χ1v) is 6.65. The van der Waals surface area contributed by atoms with Crippen LogP contribution in [0.1, 0.15) is 38.7 Å². The molecule has 1 fully saturated rings. The van der Waals surface area contributed by atoms with Crippen molar-refractivity contribution < 1.29 is 4.39 Å². The summed E-state index contributed by atoms with van der Waals surface area (Å²) in [6.07, 6.45) is 5.11. The third kappa shape index (κ3) is 3.53. The Morgan fingerprint density at radius 2 is 1.88 bits per heavy atom. The van der Waals surface area contributed by atoms with Gasteiger partial charge in [-0.3, -0.25) is 0 Å². The van der Waals surface area contributed by atoms with Crippen molar-refractivity contribution in [3.63, 3.8) is 0 Å². The van der Waals surface area contributed by atoms with E-state index < -0.39 is 0 Å². The fourth-order valence-corrected chi connectivity index (χ4v) is 2.56. The zero-order valence-electron chi connectivity index (χ0n) is 10.7. The second-order valence-electron chi connectivity index (χ2n) is 5.38. The maximum absolute atomic E-state index is 12.8. The fraction of sp³-hybridized carbons (Fsp3) is 0.600. The SMILES string of the molecule is CC(Cc1ccc(F)cc1)NC(C)C1CCC1. The first-order chi connectivity index (χ1) is 8.15. The highest BCUT2D eigenvalue weighted by molar-refractivity contribution is 5.17. The predicted octanol–water partition coefficient (Wildman–Crippen LogP) is 3.53. The minimum Gasteiger partial charge on any atom is -0.311 e. The summed E-state index contributed by atoms with van der Waals surface area (Å²) in [5, 5.41) is 3.65. The number of rotatable bonds is 5. The van der Waals surface area contributed by atoms with E-state index in [1.54, 1.807) is 0 Å². The molecule has 0 amide bonds. The molecule has 1 aromatic rings. The van der Waals surface area contributed by atoms with Crippen molar-refractivity contribution >= 4 is 0 Å². The van der Waals surface area contributed by atoms with Crippen molar-refractivity contribution in [2.24, 2.45) is 5.92 Å². The molecule has 0 spiro atoms. The maximum Gasteiger partial charge on any atom is 0.123 e. The number of nitrogens with one attached hydrogen (secondary N) is 1. The van der Waals surface area contributed by atoms with Gasteiger partial charge in [-0.05, 0) is 56.7 Å². The van der Waals surface area contributed by atoms with Gasteiger partial charge in [0.05, 0.1) is 0 Å². The van der Waals surface area contributed by atoms with Crippen molar-refractivity contribution in [2.45, 2.75) is 51.6 Å². The minimum atomic E-state index is -0.155. The zero-order chi connectivity index (χ0) is 12.3. The van der Waals surface area contributed by atoms with E-state index in [0.717, 1.165) is 12.3 Å². The van der Waals surface area contributed by atoms with Crippen molar-refractivity contribution in [3.8, 4) is 0 Å². The van der Waals surface area contributed by atoms with Crippen LogP contribution in [-0.4, -0.2) is 12.1 Å². The number of hydrogen-bond donors (Lipinski definition) is 1. The lowest BCUT2D eigenvalue weighted by atomic mass is 9.80. The molecule has 1 N–H and O–H groups in total. The summed E-state index contributed by atoms with van der Waals surface area (Å²) in [7, 11) is 0. The van der Waals surface area contributed by atoms with Gasteiger partial charge in [0, 0.05) is 12.1 Å². The highest BCUT2D eigenvalue weighted by Crippen LogP contribution is 2.29. The molecule has 0 radical (unpaired) electrons. The first kappa shape index (κ1) is 12.6. The largest absolute Gasteiger partial charge is 0.311 e. The Bertz CT molecular complexity index is 342. The van der Waals surface area contributed by atoms with E-state index in [0.29, 0.717) is 12.1 Å². The average Bonchev–Trinajstić information content (AvgIpc) is 2.18. The van der Waals surface area contributed by atoms with Crippen LogP contribution in [0.2, 0.25) is 0 Å². The van der Waals surface area contributed by atoms with E-state index in [-0.39, 0.29) is 5.82 Å². The van der Waals surface area contributed by atoms with E-state index >= 15 is 0 Å². The Kier molecular flexibility index (Phi) is 4.16. The Morgan fingerprint density at radius 1 is 1.24 bits per heavy atom. The Morgan fingerprint density at radius 3 is 2.41 bits per heavy atom. The summed E-state index contributed by atoms with van der Waals surface area (Å²) in [4.78, 5) is 0. The fourth-order valence-electron chi connectivity index (χ4n) is 2.56. The molecule has 17 heavy (non-hydrogen) atoms. The monoisotopic (exact) mass is 235 g/mol. The number of benzene rings is 1. The van der Waals surface area contributed by atoms with Crippen LogP contribution < -0.4 is 5.32 Å². The van der Waals surface area contributed by atoms with Crippen LogP contribution >= 0.6 is 0 Å². The molecule has 1 saturated carbocycles. The van der Waals surface area contributed by atoms with Crippen molar-refractivity contribution in [1.82, 2.24) is 5.32 Å². The van der Waals surface area contributed by atoms with Crippen molar-refractivity contribution in [2.75, 3.05) is 0 Å². The highest BCUT2D eigenvalue weighted by Gasteiger charge is 2.24. The molecule has 94 valence electrons. The molecule has 2 unspecified atom stereocenters. The molecule has 2 atom stereocenters. The van der Waals surface area contributed by atoms with E-state index in [4.69, 9.17) is 0 Å². The van der Waals surface area contributed by atoms with E-state index in [9.17, 15) is 4.39 Å². The van der Waals surface area contributed by atoms with Gasteiger partial charge in [-0.15, -0.1) is 0 Å². The van der Waals surface area contributed by atoms with Gasteiger partial charge in [-0.1, -0.05) is 18.6 Å². The third-order valence-electron chi connectivity index (χ3n) is 3.86. The number of halogens is 1. The molecule has 0 saturated heterocycles. The predicted molar refractivity (Wildman–Crippen MR) is 69.5 cm³/mol. The summed E-state index contributed by atoms with van der Waals surface area (Å²) >= 11 is 0. The molecule has 1 aliphatic rings. The molecule has 0 aliphatic heterocycles. The molecular weight excluding hydrogens is 213 g/mol. The van der Waals surface area contributed by atoms with Gasteiger partial charge in [-0.25, -0.2) is 4.39 Å². The van der Waals surface area contributed by atoms with Crippen LogP contribution in [0.15, 0.2) is 24.3 Å². The van der Waals surface area contributed by atoms with Crippen molar-refractivity contribution in [3.05, 3.63) is 35.6 Å². The second-order valence-corrected chi connectivity index (χ2v) is 5.38. The van der Waals surface area contributed by atoms with E-state index in [1.165, 1.54) is 37.0 Å². The van der Waals surface area contributed by atoms with Crippen molar-refractivity contribution in [1.29, 1.82) is 0 Å². The second kappa shape index (κ2) is 5.63. The van der Waals surface area contributed by atoms with E-state index in [1.807, 2.05) is 12.1 Å². The smallest absolute Gasteiger partial charge is 0.123 e. The third-order valence-corrected chi connectivity index (χ3v) is 3.86. The van der Waals surface area contributed by atoms with Crippen LogP contribution in [-0.2, 0) is 6.42 Å². The van der Waals surface area contributed by atoms with Gasteiger partial charge in [0.1, 0.15) is 5.82 Å². The average molecular weight is 235 g/mol. The van der Waals surface area contributed by atoms with Gasteiger partial charge in [0.25, 0.3) is 0 Å². The Balaban J connectivity index is 1.79. The van der Waals surface area contributed by atoms with Crippen LogP contribution in [0.3, 0.4) is 0 Å². The van der Waals surface area contributed by atoms with Gasteiger partial charge in [0.2, 0.25) is 0 Å². The molecule has 0 heterocycles. The molecule has 0 bridgehead atoms. The zero-order valence-corrected chi connectivity index (χ0v) is 10.7. The highest BCUT2D eigenvalue weighted by atomic mass is 19.1. The van der Waals surface area contributed by atoms with Gasteiger partial charge < -0.3 is 5.32 Å². The lowest BCUT2D eigenvalue weighted by Gasteiger charge is -2.34. The van der Waals surface area contributed by atoms with Crippen LogP contribution in [0.25, 0.3) is 0 Å². The molecule has 2 rings (SSSR count). The number of hydrogen-bond acceptors (Lipinski definition) is 1. The van der Waals surface area contributed by atoms with Crippen LogP contribution in [0.4, 0.5) is 4.39 Å². The maximum atomic E-state index is 12.8. The van der Waals surface area contributed by atoms with Gasteiger partial charge in [-0.2, -0.15) is 0 Å². The Labute approximate surface area is 103 Å². The summed E-state index contributed by atoms with van der Waals surface area (Å²) in [6, 6.07) is 7.90. The Hall–Kier alpha value is -0.890. The molecule has 1 aromatic carbocycles. The van der Waals surface area contributed by atoms with E-state index in [2.05, 4.69) is 19.2 Å². The normalized spacial score (nSPS) is 19.7. The topological polar surface area (TPSA) is 12.0 Å². The molecular formula is C15H22FN. The summed E-state index contributed by atoms with van der Waals surface area (Å²) < 4.78 is 12.8.